The lowest BCUT2D eigenvalue weighted by atomic mass is 9.96. The number of nitrogens with one attached hydrogen (secondary N) is 1. The molecule has 0 spiro atoms. The third-order valence-corrected chi connectivity index (χ3v) is 3.30. The molecule has 0 aliphatic heterocycles. The predicted octanol–water partition coefficient (Wildman–Crippen LogP) is 4.21. The smallest absolute Gasteiger partial charge is 0.387 e. The SMILES string of the molecule is CNC(c1ccc(OC(F)F)cc1)c1cc(C)cc(C)c1. The predicted molar refractivity (Wildman–Crippen MR) is 79.9 cm³/mol. The maximum absolute atomic E-state index is 12.2. The first kappa shape index (κ1) is 15.4. The highest BCUT2D eigenvalue weighted by Gasteiger charge is 2.13. The van der Waals surface area contributed by atoms with Crippen LogP contribution in [0.3, 0.4) is 0 Å². The Labute approximate surface area is 123 Å². The number of ether oxygens (including phenoxy) is 1. The largest absolute Gasteiger partial charge is 0.435 e. The Morgan fingerprint density at radius 1 is 0.905 bits per heavy atom. The summed E-state index contributed by atoms with van der Waals surface area (Å²) in [5, 5.41) is 3.26. The molecule has 2 aromatic rings. The first-order chi connectivity index (χ1) is 9.99. The molecule has 112 valence electrons. The summed E-state index contributed by atoms with van der Waals surface area (Å²) in [5.74, 6) is 0.170. The van der Waals surface area contributed by atoms with Crippen LogP contribution in [0.1, 0.15) is 28.3 Å². The second-order valence-electron chi connectivity index (χ2n) is 5.09. The van der Waals surface area contributed by atoms with Crippen molar-refractivity contribution in [1.29, 1.82) is 0 Å². The molecule has 0 aliphatic carbocycles. The lowest BCUT2D eigenvalue weighted by Gasteiger charge is -2.19. The van der Waals surface area contributed by atoms with Crippen molar-refractivity contribution in [1.82, 2.24) is 5.32 Å². The van der Waals surface area contributed by atoms with Gasteiger partial charge in [-0.25, -0.2) is 0 Å². The Morgan fingerprint density at radius 2 is 1.48 bits per heavy atom. The maximum Gasteiger partial charge on any atom is 0.387 e. The molecule has 0 aliphatic rings. The summed E-state index contributed by atoms with van der Waals surface area (Å²) < 4.78 is 28.7. The minimum Gasteiger partial charge on any atom is -0.435 e. The van der Waals surface area contributed by atoms with E-state index in [4.69, 9.17) is 0 Å². The van der Waals surface area contributed by atoms with Crippen molar-refractivity contribution < 1.29 is 13.5 Å². The van der Waals surface area contributed by atoms with Crippen LogP contribution < -0.4 is 10.1 Å². The van der Waals surface area contributed by atoms with E-state index in [0.29, 0.717) is 0 Å². The van der Waals surface area contributed by atoms with Gasteiger partial charge in [0.15, 0.2) is 0 Å². The van der Waals surface area contributed by atoms with Crippen molar-refractivity contribution >= 4 is 0 Å². The van der Waals surface area contributed by atoms with Crippen molar-refractivity contribution in [2.24, 2.45) is 0 Å². The fourth-order valence-corrected chi connectivity index (χ4v) is 2.54. The second-order valence-corrected chi connectivity index (χ2v) is 5.09. The van der Waals surface area contributed by atoms with Gasteiger partial charge >= 0.3 is 6.61 Å². The van der Waals surface area contributed by atoms with E-state index in [0.717, 1.165) is 11.1 Å². The van der Waals surface area contributed by atoms with E-state index in [1.54, 1.807) is 24.3 Å². The van der Waals surface area contributed by atoms with Crippen molar-refractivity contribution in [3.63, 3.8) is 0 Å². The number of hydrogen-bond acceptors (Lipinski definition) is 2. The molecule has 4 heteroatoms. The van der Waals surface area contributed by atoms with Gasteiger partial charge in [-0.2, -0.15) is 8.78 Å². The summed E-state index contributed by atoms with van der Waals surface area (Å²) in [4.78, 5) is 0. The van der Waals surface area contributed by atoms with Gasteiger partial charge in [-0.05, 0) is 44.2 Å². The van der Waals surface area contributed by atoms with Crippen molar-refractivity contribution in [3.8, 4) is 5.75 Å². The molecular weight excluding hydrogens is 272 g/mol. The molecule has 0 heterocycles. The minimum absolute atomic E-state index is 0.0178. The van der Waals surface area contributed by atoms with Crippen LogP contribution in [0.2, 0.25) is 0 Å². The van der Waals surface area contributed by atoms with E-state index in [9.17, 15) is 8.78 Å². The molecule has 2 aromatic carbocycles. The van der Waals surface area contributed by atoms with Crippen LogP contribution in [0.25, 0.3) is 0 Å². The number of benzene rings is 2. The van der Waals surface area contributed by atoms with Gasteiger partial charge in [-0.15, -0.1) is 0 Å². The first-order valence-corrected chi connectivity index (χ1v) is 6.80. The van der Waals surface area contributed by atoms with Gasteiger partial charge in [0.05, 0.1) is 6.04 Å². The van der Waals surface area contributed by atoms with E-state index < -0.39 is 6.61 Å². The van der Waals surface area contributed by atoms with Crippen LogP contribution in [0.5, 0.6) is 5.75 Å². The molecule has 0 fully saturated rings. The van der Waals surface area contributed by atoms with E-state index in [1.165, 1.54) is 11.1 Å². The average Bonchev–Trinajstić information content (AvgIpc) is 2.40. The molecule has 1 unspecified atom stereocenters. The fraction of sp³-hybridized carbons (Fsp3) is 0.294. The molecule has 0 saturated carbocycles. The van der Waals surface area contributed by atoms with E-state index in [1.807, 2.05) is 7.05 Å². The van der Waals surface area contributed by atoms with Crippen LogP contribution in [0, 0.1) is 13.8 Å². The van der Waals surface area contributed by atoms with E-state index >= 15 is 0 Å². The summed E-state index contributed by atoms with van der Waals surface area (Å²) in [6, 6.07) is 13.1. The monoisotopic (exact) mass is 291 g/mol. The summed E-state index contributed by atoms with van der Waals surface area (Å²) >= 11 is 0. The van der Waals surface area contributed by atoms with E-state index in [2.05, 4.69) is 42.1 Å². The summed E-state index contributed by atoms with van der Waals surface area (Å²) in [6.45, 7) is 1.32. The number of halogens is 2. The van der Waals surface area contributed by atoms with Gasteiger partial charge < -0.3 is 10.1 Å². The number of alkyl halides is 2. The summed E-state index contributed by atoms with van der Waals surface area (Å²) in [7, 11) is 1.88. The Bertz CT molecular complexity index is 576. The molecule has 0 radical (unpaired) electrons. The Morgan fingerprint density at radius 3 is 1.95 bits per heavy atom. The maximum atomic E-state index is 12.2. The number of hydrogen-bond donors (Lipinski definition) is 1. The topological polar surface area (TPSA) is 21.3 Å². The molecule has 0 bridgehead atoms. The van der Waals surface area contributed by atoms with Crippen LogP contribution in [0.4, 0.5) is 8.78 Å². The van der Waals surface area contributed by atoms with Crippen LogP contribution in [-0.2, 0) is 0 Å². The molecule has 0 amide bonds. The highest BCUT2D eigenvalue weighted by molar-refractivity contribution is 5.38. The number of aryl methyl sites for hydroxylation is 2. The zero-order valence-electron chi connectivity index (χ0n) is 12.4. The molecule has 0 aromatic heterocycles. The van der Waals surface area contributed by atoms with Crippen LogP contribution >= 0.6 is 0 Å². The fourth-order valence-electron chi connectivity index (χ4n) is 2.54. The third-order valence-electron chi connectivity index (χ3n) is 3.30. The van der Waals surface area contributed by atoms with Crippen molar-refractivity contribution in [2.45, 2.75) is 26.5 Å². The molecular formula is C17H19F2NO. The molecule has 1 atom stereocenters. The standard InChI is InChI=1S/C17H19F2NO/c1-11-8-12(2)10-14(9-11)16(20-3)13-4-6-15(7-5-13)21-17(18)19/h4-10,16-17,20H,1-3H3. The quantitative estimate of drug-likeness (QED) is 0.891. The van der Waals surface area contributed by atoms with Crippen molar-refractivity contribution in [3.05, 3.63) is 64.7 Å². The van der Waals surface area contributed by atoms with Gasteiger partial charge in [0.25, 0.3) is 0 Å². The molecule has 2 rings (SSSR count). The Balaban J connectivity index is 2.28. The Kier molecular flexibility index (Phi) is 4.91. The second kappa shape index (κ2) is 6.68. The van der Waals surface area contributed by atoms with Gasteiger partial charge in [0.2, 0.25) is 0 Å². The van der Waals surface area contributed by atoms with Gasteiger partial charge in [-0.1, -0.05) is 41.5 Å². The summed E-state index contributed by atoms with van der Waals surface area (Å²) in [5.41, 5.74) is 4.55. The summed E-state index contributed by atoms with van der Waals surface area (Å²) in [6.07, 6.45) is 0. The normalized spacial score (nSPS) is 12.5. The Hall–Kier alpha value is -1.94. The lowest BCUT2D eigenvalue weighted by Crippen LogP contribution is -2.18. The van der Waals surface area contributed by atoms with Crippen LogP contribution in [-0.4, -0.2) is 13.7 Å². The van der Waals surface area contributed by atoms with Crippen LogP contribution in [0.15, 0.2) is 42.5 Å². The third kappa shape index (κ3) is 4.02. The van der Waals surface area contributed by atoms with Gasteiger partial charge in [0, 0.05) is 0 Å². The van der Waals surface area contributed by atoms with Crippen molar-refractivity contribution in [2.75, 3.05) is 7.05 Å². The molecule has 0 saturated heterocycles. The first-order valence-electron chi connectivity index (χ1n) is 6.80. The molecule has 21 heavy (non-hydrogen) atoms. The molecule has 2 nitrogen and oxygen atoms in total. The highest BCUT2D eigenvalue weighted by atomic mass is 19.3. The van der Waals surface area contributed by atoms with E-state index in [-0.39, 0.29) is 11.8 Å². The highest BCUT2D eigenvalue weighted by Crippen LogP contribution is 2.26. The van der Waals surface area contributed by atoms with Gasteiger partial charge in [0.1, 0.15) is 5.75 Å². The minimum atomic E-state index is -2.80. The zero-order valence-corrected chi connectivity index (χ0v) is 12.4. The lowest BCUT2D eigenvalue weighted by molar-refractivity contribution is -0.0498. The van der Waals surface area contributed by atoms with Gasteiger partial charge in [-0.3, -0.25) is 0 Å². The molecule has 1 N–H and O–H groups in total. The number of rotatable bonds is 5. The zero-order chi connectivity index (χ0) is 15.4. The average molecular weight is 291 g/mol.